The largest absolute Gasteiger partial charge is 0.371 e. The number of aromatic nitrogens is 1. The minimum absolute atomic E-state index is 0.672. The van der Waals surface area contributed by atoms with Crippen molar-refractivity contribution < 1.29 is 0 Å². The van der Waals surface area contributed by atoms with Gasteiger partial charge in [0.1, 0.15) is 6.07 Å². The minimum atomic E-state index is 0.672. The Morgan fingerprint density at radius 3 is 2.67 bits per heavy atom. The molecule has 0 N–H and O–H groups in total. The fourth-order valence-electron chi connectivity index (χ4n) is 1.26. The predicted octanol–water partition coefficient (Wildman–Crippen LogP) is 0.951. The van der Waals surface area contributed by atoms with Crippen molar-refractivity contribution in [1.82, 2.24) is 9.88 Å². The molecule has 4 heteroatoms. The summed E-state index contributed by atoms with van der Waals surface area (Å²) < 4.78 is 0. The molecule has 0 aliphatic heterocycles. The number of hydrogen-bond acceptors (Lipinski definition) is 4. The standard InChI is InChI=1S/C11H16N4/c1-14(2)6-7-15(3)11-9-13-5-4-10(11)8-12/h4-5,9H,6-7H2,1-3H3. The molecule has 0 atom stereocenters. The lowest BCUT2D eigenvalue weighted by Gasteiger charge is -2.21. The summed E-state index contributed by atoms with van der Waals surface area (Å²) in [6.45, 7) is 1.84. The average Bonchev–Trinajstić information content (AvgIpc) is 2.25. The first-order valence-electron chi connectivity index (χ1n) is 4.85. The van der Waals surface area contributed by atoms with E-state index in [1.165, 1.54) is 0 Å². The van der Waals surface area contributed by atoms with Gasteiger partial charge in [-0.25, -0.2) is 0 Å². The monoisotopic (exact) mass is 204 g/mol. The van der Waals surface area contributed by atoms with Crippen molar-refractivity contribution in [1.29, 1.82) is 5.26 Å². The van der Waals surface area contributed by atoms with Crippen LogP contribution in [0.1, 0.15) is 5.56 Å². The molecule has 4 nitrogen and oxygen atoms in total. The molecular weight excluding hydrogens is 188 g/mol. The molecule has 1 aromatic rings. The first-order valence-corrected chi connectivity index (χ1v) is 4.85. The van der Waals surface area contributed by atoms with Gasteiger partial charge in [-0.05, 0) is 20.2 Å². The Morgan fingerprint density at radius 1 is 1.33 bits per heavy atom. The van der Waals surface area contributed by atoms with Gasteiger partial charge >= 0.3 is 0 Å². The summed E-state index contributed by atoms with van der Waals surface area (Å²) in [5, 5.41) is 8.93. The van der Waals surface area contributed by atoms with Gasteiger partial charge in [-0.2, -0.15) is 5.26 Å². The highest BCUT2D eigenvalue weighted by Crippen LogP contribution is 2.15. The molecule has 0 amide bonds. The molecule has 0 unspecified atom stereocenters. The third kappa shape index (κ3) is 3.22. The first kappa shape index (κ1) is 11.5. The quantitative estimate of drug-likeness (QED) is 0.732. The van der Waals surface area contributed by atoms with Gasteiger partial charge in [0.15, 0.2) is 0 Å². The summed E-state index contributed by atoms with van der Waals surface area (Å²) in [5.74, 6) is 0. The van der Waals surface area contributed by atoms with E-state index in [2.05, 4.69) is 16.0 Å². The van der Waals surface area contributed by atoms with Crippen LogP contribution in [0, 0.1) is 11.3 Å². The second-order valence-electron chi connectivity index (χ2n) is 3.73. The van der Waals surface area contributed by atoms with Crippen LogP contribution in [0.3, 0.4) is 0 Å². The van der Waals surface area contributed by atoms with Crippen molar-refractivity contribution in [2.75, 3.05) is 39.1 Å². The molecule has 0 saturated carbocycles. The van der Waals surface area contributed by atoms with E-state index in [4.69, 9.17) is 5.26 Å². The van der Waals surface area contributed by atoms with Gasteiger partial charge < -0.3 is 9.80 Å². The van der Waals surface area contributed by atoms with Gasteiger partial charge in [0.25, 0.3) is 0 Å². The molecule has 1 aromatic heterocycles. The molecule has 15 heavy (non-hydrogen) atoms. The van der Waals surface area contributed by atoms with Gasteiger partial charge in [-0.1, -0.05) is 0 Å². The first-order chi connectivity index (χ1) is 7.15. The highest BCUT2D eigenvalue weighted by Gasteiger charge is 2.06. The number of rotatable bonds is 4. The lowest BCUT2D eigenvalue weighted by atomic mass is 10.2. The normalized spacial score (nSPS) is 10.1. The Morgan fingerprint density at radius 2 is 2.07 bits per heavy atom. The Balaban J connectivity index is 2.73. The molecule has 0 fully saturated rings. The van der Waals surface area contributed by atoms with Crippen molar-refractivity contribution in [3.8, 4) is 6.07 Å². The SMILES string of the molecule is CN(C)CCN(C)c1cnccc1C#N. The van der Waals surface area contributed by atoms with E-state index in [0.717, 1.165) is 18.8 Å². The molecule has 0 aromatic carbocycles. The zero-order valence-corrected chi connectivity index (χ0v) is 9.44. The lowest BCUT2D eigenvalue weighted by molar-refractivity contribution is 0.416. The van der Waals surface area contributed by atoms with Gasteiger partial charge in [0.2, 0.25) is 0 Å². The summed E-state index contributed by atoms with van der Waals surface area (Å²) in [5.41, 5.74) is 1.56. The topological polar surface area (TPSA) is 43.2 Å². The number of anilines is 1. The fourth-order valence-corrected chi connectivity index (χ4v) is 1.26. The number of hydrogen-bond donors (Lipinski definition) is 0. The van der Waals surface area contributed by atoms with Crippen molar-refractivity contribution in [3.63, 3.8) is 0 Å². The van der Waals surface area contributed by atoms with Crippen LogP contribution in [0.5, 0.6) is 0 Å². The molecule has 0 aliphatic carbocycles. The molecule has 0 saturated heterocycles. The van der Waals surface area contributed by atoms with E-state index in [0.29, 0.717) is 5.56 Å². The number of pyridine rings is 1. The van der Waals surface area contributed by atoms with Crippen molar-refractivity contribution in [3.05, 3.63) is 24.0 Å². The second-order valence-corrected chi connectivity index (χ2v) is 3.73. The van der Waals surface area contributed by atoms with Gasteiger partial charge in [-0.15, -0.1) is 0 Å². The summed E-state index contributed by atoms with van der Waals surface area (Å²) in [6.07, 6.45) is 3.37. The molecule has 0 spiro atoms. The Bertz CT molecular complexity index is 354. The summed E-state index contributed by atoms with van der Waals surface area (Å²) >= 11 is 0. The molecule has 1 rings (SSSR count). The summed E-state index contributed by atoms with van der Waals surface area (Å²) in [4.78, 5) is 8.19. The molecule has 1 heterocycles. The minimum Gasteiger partial charge on any atom is -0.371 e. The fraction of sp³-hybridized carbons (Fsp3) is 0.455. The van der Waals surface area contributed by atoms with Crippen LogP contribution >= 0.6 is 0 Å². The molecule has 80 valence electrons. The third-order valence-corrected chi connectivity index (χ3v) is 2.21. The van der Waals surface area contributed by atoms with E-state index >= 15 is 0 Å². The Labute approximate surface area is 90.8 Å². The number of nitrogens with zero attached hydrogens (tertiary/aromatic N) is 4. The molecule has 0 bridgehead atoms. The Hall–Kier alpha value is -1.60. The predicted molar refractivity (Wildman–Crippen MR) is 60.8 cm³/mol. The number of likely N-dealkylation sites (N-methyl/N-ethyl adjacent to an activating group) is 2. The molecule has 0 radical (unpaired) electrons. The smallest absolute Gasteiger partial charge is 0.101 e. The Kier molecular flexibility index (Phi) is 4.07. The van der Waals surface area contributed by atoms with Crippen LogP contribution in [0.4, 0.5) is 5.69 Å². The molecular formula is C11H16N4. The molecule has 0 aliphatic rings. The van der Waals surface area contributed by atoms with Gasteiger partial charge in [-0.3, -0.25) is 4.98 Å². The van der Waals surface area contributed by atoms with E-state index in [9.17, 15) is 0 Å². The zero-order chi connectivity index (χ0) is 11.3. The summed E-state index contributed by atoms with van der Waals surface area (Å²) in [6, 6.07) is 3.91. The zero-order valence-electron chi connectivity index (χ0n) is 9.44. The van der Waals surface area contributed by atoms with Crippen molar-refractivity contribution in [2.24, 2.45) is 0 Å². The van der Waals surface area contributed by atoms with Crippen molar-refractivity contribution in [2.45, 2.75) is 0 Å². The lowest BCUT2D eigenvalue weighted by Crippen LogP contribution is -2.28. The van der Waals surface area contributed by atoms with Gasteiger partial charge in [0, 0.05) is 26.3 Å². The van der Waals surface area contributed by atoms with Crippen LogP contribution in [0.15, 0.2) is 18.5 Å². The number of nitriles is 1. The van der Waals surface area contributed by atoms with Crippen LogP contribution in [0.2, 0.25) is 0 Å². The van der Waals surface area contributed by atoms with Crippen molar-refractivity contribution >= 4 is 5.69 Å². The van der Waals surface area contributed by atoms with E-state index < -0.39 is 0 Å². The van der Waals surface area contributed by atoms with E-state index in [-0.39, 0.29) is 0 Å². The highest BCUT2D eigenvalue weighted by atomic mass is 15.2. The van der Waals surface area contributed by atoms with E-state index in [1.807, 2.05) is 26.0 Å². The average molecular weight is 204 g/mol. The maximum atomic E-state index is 8.93. The van der Waals surface area contributed by atoms with Gasteiger partial charge in [0.05, 0.1) is 17.4 Å². The summed E-state index contributed by atoms with van der Waals surface area (Å²) in [7, 11) is 6.03. The maximum absolute atomic E-state index is 8.93. The van der Waals surface area contributed by atoms with Crippen LogP contribution in [0.25, 0.3) is 0 Å². The van der Waals surface area contributed by atoms with Crippen LogP contribution in [-0.2, 0) is 0 Å². The van der Waals surface area contributed by atoms with Crippen LogP contribution in [-0.4, -0.2) is 44.1 Å². The third-order valence-electron chi connectivity index (χ3n) is 2.21. The highest BCUT2D eigenvalue weighted by molar-refractivity contribution is 5.56. The van der Waals surface area contributed by atoms with Crippen LogP contribution < -0.4 is 4.90 Å². The maximum Gasteiger partial charge on any atom is 0.101 e. The second kappa shape index (κ2) is 5.32. The van der Waals surface area contributed by atoms with E-state index in [1.54, 1.807) is 18.5 Å².